The zero-order valence-corrected chi connectivity index (χ0v) is 19.1. The molecule has 176 valence electrons. The van der Waals surface area contributed by atoms with Crippen LogP contribution in [0, 0.1) is 5.92 Å². The van der Waals surface area contributed by atoms with Gasteiger partial charge < -0.3 is 5.32 Å². The van der Waals surface area contributed by atoms with Crippen LogP contribution in [0.15, 0.2) is 78.9 Å². The summed E-state index contributed by atoms with van der Waals surface area (Å²) in [5.41, 5.74) is 0.640. The first-order valence-electron chi connectivity index (χ1n) is 11.3. The lowest BCUT2D eigenvalue weighted by molar-refractivity contribution is -0.137. The monoisotopic (exact) mass is 484 g/mol. The molecular weight excluding hydrogens is 461 g/mol. The number of halogens is 4. The number of amides is 1. The molecule has 1 saturated carbocycles. The number of nitrogens with one attached hydrogen (secondary N) is 1. The number of carbonyl (C=O) groups is 1. The molecule has 1 amide bonds. The largest absolute Gasteiger partial charge is 0.417 e. The Bertz CT molecular complexity index is 1180. The highest BCUT2D eigenvalue weighted by molar-refractivity contribution is 6.34. The highest BCUT2D eigenvalue weighted by Crippen LogP contribution is 2.57. The van der Waals surface area contributed by atoms with E-state index in [9.17, 15) is 18.0 Å². The molecule has 1 atom stereocenters. The lowest BCUT2D eigenvalue weighted by Crippen LogP contribution is -2.56. The van der Waals surface area contributed by atoms with Crippen LogP contribution in [0.1, 0.15) is 45.9 Å². The fraction of sp³-hybridized carbons (Fsp3) is 0.296. The van der Waals surface area contributed by atoms with E-state index in [1.807, 2.05) is 48.5 Å². The summed E-state index contributed by atoms with van der Waals surface area (Å²) in [4.78, 5) is 15.7. The molecule has 7 heteroatoms. The molecule has 3 aromatic carbocycles. The van der Waals surface area contributed by atoms with Crippen LogP contribution in [0.3, 0.4) is 0 Å². The van der Waals surface area contributed by atoms with Gasteiger partial charge in [-0.1, -0.05) is 78.3 Å². The van der Waals surface area contributed by atoms with E-state index in [0.29, 0.717) is 5.92 Å². The summed E-state index contributed by atoms with van der Waals surface area (Å²) >= 11 is 6.07. The molecule has 2 aliphatic heterocycles. The second kappa shape index (κ2) is 8.75. The van der Waals surface area contributed by atoms with Crippen LogP contribution < -0.4 is 5.32 Å². The van der Waals surface area contributed by atoms with Gasteiger partial charge in [-0.3, -0.25) is 9.69 Å². The highest BCUT2D eigenvalue weighted by Gasteiger charge is 2.60. The zero-order valence-electron chi connectivity index (χ0n) is 18.4. The van der Waals surface area contributed by atoms with Gasteiger partial charge in [0.15, 0.2) is 0 Å². The van der Waals surface area contributed by atoms with Crippen LogP contribution >= 0.6 is 11.6 Å². The van der Waals surface area contributed by atoms with Crippen molar-refractivity contribution in [2.75, 3.05) is 6.54 Å². The molecule has 3 aliphatic rings. The Morgan fingerprint density at radius 2 is 1.65 bits per heavy atom. The molecule has 1 unspecified atom stereocenters. The molecule has 3 fully saturated rings. The van der Waals surface area contributed by atoms with Crippen LogP contribution in [-0.2, 0) is 12.7 Å². The minimum atomic E-state index is -4.63. The Balaban J connectivity index is 1.48. The van der Waals surface area contributed by atoms with Gasteiger partial charge in [0.05, 0.1) is 22.2 Å². The molecule has 34 heavy (non-hydrogen) atoms. The van der Waals surface area contributed by atoms with E-state index in [4.69, 9.17) is 11.6 Å². The summed E-state index contributed by atoms with van der Waals surface area (Å²) in [7, 11) is 0. The van der Waals surface area contributed by atoms with Gasteiger partial charge in [0, 0.05) is 18.6 Å². The standard InChI is InChI=1S/C27H24ClF3N2O/c28-23-21(12-7-13-22(23)27(29,30)31)25(34)32-24(20-10-5-2-6-11-20)26-14-19(15-26)17-33(26)16-18-8-3-1-4-9-18/h1-13,19,24H,14-17H2,(H,32,34). The molecule has 1 N–H and O–H groups in total. The number of nitrogens with zero attached hydrogens (tertiary/aromatic N) is 1. The third-order valence-corrected chi connectivity index (χ3v) is 7.51. The number of alkyl halides is 3. The summed E-state index contributed by atoms with van der Waals surface area (Å²) in [6.45, 7) is 1.68. The average Bonchev–Trinajstić information content (AvgIpc) is 3.32. The second-order valence-corrected chi connectivity index (χ2v) is 9.60. The number of fused-ring (bicyclic) bond motifs is 1. The molecule has 0 spiro atoms. The summed E-state index contributed by atoms with van der Waals surface area (Å²) < 4.78 is 40.1. The SMILES string of the molecule is O=C(NC(c1ccccc1)C12CC(CN1Cc1ccccc1)C2)c1cccc(C(F)(F)F)c1Cl. The Kier molecular flexibility index (Phi) is 5.90. The minimum Gasteiger partial charge on any atom is -0.343 e. The van der Waals surface area contributed by atoms with Crippen molar-refractivity contribution < 1.29 is 18.0 Å². The molecule has 3 aromatic rings. The number of rotatable bonds is 6. The van der Waals surface area contributed by atoms with Crippen molar-refractivity contribution in [2.45, 2.75) is 37.1 Å². The Labute approximate surface area is 201 Å². The van der Waals surface area contributed by atoms with Crippen LogP contribution in [0.2, 0.25) is 5.02 Å². The van der Waals surface area contributed by atoms with Crippen LogP contribution in [-0.4, -0.2) is 22.9 Å². The molecule has 0 radical (unpaired) electrons. The van der Waals surface area contributed by atoms with Crippen molar-refractivity contribution in [2.24, 2.45) is 5.92 Å². The van der Waals surface area contributed by atoms with Crippen molar-refractivity contribution in [3.8, 4) is 0 Å². The van der Waals surface area contributed by atoms with Crippen LogP contribution in [0.5, 0.6) is 0 Å². The molecule has 3 nitrogen and oxygen atoms in total. The predicted molar refractivity (Wildman–Crippen MR) is 125 cm³/mol. The van der Waals surface area contributed by atoms with Gasteiger partial charge in [-0.15, -0.1) is 0 Å². The van der Waals surface area contributed by atoms with Crippen molar-refractivity contribution in [3.05, 3.63) is 106 Å². The van der Waals surface area contributed by atoms with Crippen molar-refractivity contribution >= 4 is 17.5 Å². The van der Waals surface area contributed by atoms with E-state index in [0.717, 1.165) is 37.6 Å². The van der Waals surface area contributed by atoms with Gasteiger partial charge in [-0.05, 0) is 42.0 Å². The molecule has 2 heterocycles. The Morgan fingerprint density at radius 3 is 2.29 bits per heavy atom. The van der Waals surface area contributed by atoms with Crippen LogP contribution in [0.4, 0.5) is 13.2 Å². The number of carbonyl (C=O) groups excluding carboxylic acids is 1. The van der Waals surface area contributed by atoms with Gasteiger partial charge in [-0.2, -0.15) is 13.2 Å². The summed E-state index contributed by atoms with van der Waals surface area (Å²) in [6, 6.07) is 22.9. The smallest absolute Gasteiger partial charge is 0.343 e. The highest BCUT2D eigenvalue weighted by atomic mass is 35.5. The van der Waals surface area contributed by atoms with Gasteiger partial charge in [0.2, 0.25) is 0 Å². The fourth-order valence-corrected chi connectivity index (χ4v) is 5.89. The van der Waals surface area contributed by atoms with Crippen molar-refractivity contribution in [1.29, 1.82) is 0 Å². The summed E-state index contributed by atoms with van der Waals surface area (Å²) in [5, 5.41) is 2.50. The zero-order chi connectivity index (χ0) is 23.9. The molecule has 2 bridgehead atoms. The number of benzene rings is 3. The first-order chi connectivity index (χ1) is 16.3. The maximum absolute atomic E-state index is 13.4. The fourth-order valence-electron chi connectivity index (χ4n) is 5.57. The van der Waals surface area contributed by atoms with Gasteiger partial charge in [0.1, 0.15) is 0 Å². The van der Waals surface area contributed by atoms with E-state index >= 15 is 0 Å². The van der Waals surface area contributed by atoms with Gasteiger partial charge in [-0.25, -0.2) is 0 Å². The number of hydrogen-bond acceptors (Lipinski definition) is 2. The van der Waals surface area contributed by atoms with Gasteiger partial charge in [0.25, 0.3) is 5.91 Å². The van der Waals surface area contributed by atoms with E-state index in [-0.39, 0.29) is 17.1 Å². The lowest BCUT2D eigenvalue weighted by Gasteiger charge is -2.48. The second-order valence-electron chi connectivity index (χ2n) is 9.23. The van der Waals surface area contributed by atoms with E-state index in [1.54, 1.807) is 0 Å². The Hall–Kier alpha value is -2.83. The first kappa shape index (κ1) is 22.9. The van der Waals surface area contributed by atoms with E-state index in [2.05, 4.69) is 22.3 Å². The van der Waals surface area contributed by atoms with Crippen molar-refractivity contribution in [1.82, 2.24) is 10.2 Å². The Morgan fingerprint density at radius 1 is 1.00 bits per heavy atom. The summed E-state index contributed by atoms with van der Waals surface area (Å²) in [5.74, 6) is -0.0571. The molecular formula is C27H24ClF3N2O. The quantitative estimate of drug-likeness (QED) is 0.433. The van der Waals surface area contributed by atoms with E-state index < -0.39 is 22.7 Å². The van der Waals surface area contributed by atoms with Gasteiger partial charge >= 0.3 is 6.18 Å². The average molecular weight is 485 g/mol. The number of hydrogen-bond donors (Lipinski definition) is 1. The topological polar surface area (TPSA) is 32.3 Å². The molecule has 6 rings (SSSR count). The third kappa shape index (κ3) is 4.10. The maximum atomic E-state index is 13.4. The third-order valence-electron chi connectivity index (χ3n) is 7.10. The lowest BCUT2D eigenvalue weighted by atomic mass is 9.67. The molecule has 0 aromatic heterocycles. The summed E-state index contributed by atoms with van der Waals surface area (Å²) in [6.07, 6.45) is -2.78. The predicted octanol–water partition coefficient (Wildman–Crippen LogP) is 6.49. The van der Waals surface area contributed by atoms with Crippen molar-refractivity contribution in [3.63, 3.8) is 0 Å². The normalized spacial score (nSPS) is 22.8. The van der Waals surface area contributed by atoms with Crippen LogP contribution in [0.25, 0.3) is 0 Å². The molecule has 2 saturated heterocycles. The first-order valence-corrected chi connectivity index (χ1v) is 11.7. The minimum absolute atomic E-state index is 0.169. The van der Waals surface area contributed by atoms with E-state index in [1.165, 1.54) is 17.7 Å². The molecule has 1 aliphatic carbocycles. The maximum Gasteiger partial charge on any atom is 0.417 e.